The highest BCUT2D eigenvalue weighted by molar-refractivity contribution is 5.50. The molecule has 3 rings (SSSR count). The molecule has 0 spiro atoms. The minimum atomic E-state index is 0.347. The van der Waals surface area contributed by atoms with Gasteiger partial charge in [0, 0.05) is 17.6 Å². The molecule has 2 heteroatoms. The average molecular weight is 259 g/mol. The molecule has 0 radical (unpaired) electrons. The van der Waals surface area contributed by atoms with Crippen molar-refractivity contribution in [1.82, 2.24) is 5.32 Å². The van der Waals surface area contributed by atoms with Crippen molar-refractivity contribution in [1.29, 1.82) is 0 Å². The molecule has 19 heavy (non-hydrogen) atoms. The van der Waals surface area contributed by atoms with E-state index in [9.17, 15) is 5.11 Å². The number of hydrogen-bond donors (Lipinski definition) is 2. The molecule has 1 aromatic carbocycles. The third-order valence-corrected chi connectivity index (χ3v) is 5.04. The normalized spacial score (nSPS) is 33.6. The van der Waals surface area contributed by atoms with E-state index in [-0.39, 0.29) is 0 Å². The van der Waals surface area contributed by atoms with Gasteiger partial charge in [0.2, 0.25) is 0 Å². The summed E-state index contributed by atoms with van der Waals surface area (Å²) < 4.78 is 0. The van der Waals surface area contributed by atoms with Crippen molar-refractivity contribution in [2.75, 3.05) is 0 Å². The van der Waals surface area contributed by atoms with Crippen LogP contribution in [-0.4, -0.2) is 11.1 Å². The van der Waals surface area contributed by atoms with Crippen molar-refractivity contribution >= 4 is 0 Å². The summed E-state index contributed by atoms with van der Waals surface area (Å²) in [6, 6.07) is 4.89. The van der Waals surface area contributed by atoms with Crippen molar-refractivity contribution in [3.8, 4) is 5.75 Å². The Morgan fingerprint density at radius 1 is 1.11 bits per heavy atom. The lowest BCUT2D eigenvalue weighted by Gasteiger charge is -2.21. The third kappa shape index (κ3) is 2.27. The van der Waals surface area contributed by atoms with Crippen LogP contribution in [0.3, 0.4) is 0 Å². The van der Waals surface area contributed by atoms with Crippen LogP contribution in [0.15, 0.2) is 12.1 Å². The van der Waals surface area contributed by atoms with E-state index in [1.54, 1.807) is 0 Å². The molecule has 2 aliphatic carbocycles. The van der Waals surface area contributed by atoms with Gasteiger partial charge < -0.3 is 10.4 Å². The number of fused-ring (bicyclic) bond motifs is 1. The number of aromatic hydroxyl groups is 1. The lowest BCUT2D eigenvalue weighted by atomic mass is 9.97. The van der Waals surface area contributed by atoms with Crippen molar-refractivity contribution in [2.24, 2.45) is 5.92 Å². The van der Waals surface area contributed by atoms with Crippen LogP contribution < -0.4 is 5.32 Å². The summed E-state index contributed by atoms with van der Waals surface area (Å²) >= 11 is 0. The highest BCUT2D eigenvalue weighted by atomic mass is 16.3. The molecule has 2 N–H and O–H groups in total. The van der Waals surface area contributed by atoms with E-state index in [4.69, 9.17) is 0 Å². The molecule has 2 nitrogen and oxygen atoms in total. The Morgan fingerprint density at radius 2 is 1.89 bits per heavy atom. The molecule has 1 fully saturated rings. The Labute approximate surface area is 116 Å². The Morgan fingerprint density at radius 3 is 2.58 bits per heavy atom. The fourth-order valence-electron chi connectivity index (χ4n) is 4.14. The van der Waals surface area contributed by atoms with Crippen LogP contribution in [0, 0.1) is 12.8 Å². The van der Waals surface area contributed by atoms with Crippen LogP contribution in [0.1, 0.15) is 68.2 Å². The molecule has 1 saturated carbocycles. The largest absolute Gasteiger partial charge is 0.508 e. The van der Waals surface area contributed by atoms with Gasteiger partial charge in [0.15, 0.2) is 0 Å². The zero-order chi connectivity index (χ0) is 13.6. The van der Waals surface area contributed by atoms with E-state index in [1.807, 2.05) is 12.1 Å². The van der Waals surface area contributed by atoms with Crippen molar-refractivity contribution < 1.29 is 5.11 Å². The Kier molecular flexibility index (Phi) is 3.30. The van der Waals surface area contributed by atoms with Gasteiger partial charge in [0.1, 0.15) is 5.75 Å². The Balaban J connectivity index is 1.85. The topological polar surface area (TPSA) is 32.3 Å². The Bertz CT molecular complexity index is 482. The molecule has 104 valence electrons. The fraction of sp³-hybridized carbons (Fsp3) is 0.647. The first kappa shape index (κ1) is 13.0. The minimum absolute atomic E-state index is 0.347. The third-order valence-electron chi connectivity index (χ3n) is 5.04. The maximum Gasteiger partial charge on any atom is 0.120 e. The second kappa shape index (κ2) is 4.82. The van der Waals surface area contributed by atoms with E-state index in [0.29, 0.717) is 23.8 Å². The molecule has 0 amide bonds. The van der Waals surface area contributed by atoms with Crippen LogP contribution >= 0.6 is 0 Å². The van der Waals surface area contributed by atoms with E-state index in [1.165, 1.54) is 36.0 Å². The number of hydrogen-bond acceptors (Lipinski definition) is 2. The average Bonchev–Trinajstić information content (AvgIpc) is 2.90. The van der Waals surface area contributed by atoms with Gasteiger partial charge in [0.25, 0.3) is 0 Å². The number of phenols is 1. The molecule has 0 bridgehead atoms. The number of benzene rings is 1. The monoisotopic (exact) mass is 259 g/mol. The summed E-state index contributed by atoms with van der Waals surface area (Å²) in [6.45, 7) is 6.79. The van der Waals surface area contributed by atoms with E-state index < -0.39 is 0 Å². The molecule has 2 aliphatic rings. The van der Waals surface area contributed by atoms with E-state index in [0.717, 1.165) is 12.3 Å². The quantitative estimate of drug-likeness (QED) is 0.840. The first-order valence-corrected chi connectivity index (χ1v) is 7.64. The van der Waals surface area contributed by atoms with Gasteiger partial charge in [-0.3, -0.25) is 0 Å². The predicted molar refractivity (Wildman–Crippen MR) is 78.6 cm³/mol. The van der Waals surface area contributed by atoms with Crippen LogP contribution in [0.2, 0.25) is 0 Å². The molecule has 1 aromatic rings. The number of aryl methyl sites for hydroxylation is 1. The van der Waals surface area contributed by atoms with Crippen molar-refractivity contribution in [3.05, 3.63) is 28.8 Å². The summed E-state index contributed by atoms with van der Waals surface area (Å²) in [5.41, 5.74) is 3.87. The SMILES string of the molecule is Cc1ccc(O)c2c1C(C)CC2NC1CCC(C)C1. The zero-order valence-electron chi connectivity index (χ0n) is 12.2. The Hall–Kier alpha value is -1.02. The predicted octanol–water partition coefficient (Wildman–Crippen LogP) is 4.03. The summed E-state index contributed by atoms with van der Waals surface area (Å²) in [4.78, 5) is 0. The molecular formula is C17H25NO. The maximum absolute atomic E-state index is 10.2. The highest BCUT2D eigenvalue weighted by Gasteiger charge is 2.34. The lowest BCUT2D eigenvalue weighted by Crippen LogP contribution is -2.29. The molecule has 0 aliphatic heterocycles. The van der Waals surface area contributed by atoms with Gasteiger partial charge in [-0.2, -0.15) is 0 Å². The zero-order valence-corrected chi connectivity index (χ0v) is 12.2. The first-order valence-electron chi connectivity index (χ1n) is 7.64. The second-order valence-electron chi connectivity index (χ2n) is 6.70. The van der Waals surface area contributed by atoms with Crippen molar-refractivity contribution in [2.45, 2.75) is 64.5 Å². The van der Waals surface area contributed by atoms with Crippen LogP contribution in [-0.2, 0) is 0 Å². The van der Waals surface area contributed by atoms with Crippen LogP contribution in [0.25, 0.3) is 0 Å². The summed E-state index contributed by atoms with van der Waals surface area (Å²) in [5, 5.41) is 14.0. The lowest BCUT2D eigenvalue weighted by molar-refractivity contribution is 0.402. The van der Waals surface area contributed by atoms with Crippen LogP contribution in [0.5, 0.6) is 5.75 Å². The first-order chi connectivity index (χ1) is 9.06. The standard InChI is InChI=1S/C17H25NO/c1-10-4-6-13(8-10)18-14-9-12(3)16-11(2)5-7-15(19)17(14)16/h5,7,10,12-14,18-19H,4,6,8-9H2,1-3H3. The number of phenolic OH excluding ortho intramolecular Hbond substituents is 1. The van der Waals surface area contributed by atoms with Gasteiger partial charge in [-0.25, -0.2) is 0 Å². The van der Waals surface area contributed by atoms with Crippen LogP contribution in [0.4, 0.5) is 0 Å². The molecule has 4 atom stereocenters. The molecule has 0 heterocycles. The summed E-state index contributed by atoms with van der Waals surface area (Å²) in [7, 11) is 0. The second-order valence-corrected chi connectivity index (χ2v) is 6.70. The van der Waals surface area contributed by atoms with Gasteiger partial charge in [-0.15, -0.1) is 0 Å². The van der Waals surface area contributed by atoms with Crippen molar-refractivity contribution in [3.63, 3.8) is 0 Å². The summed E-state index contributed by atoms with van der Waals surface area (Å²) in [6.07, 6.45) is 5.03. The van der Waals surface area contributed by atoms with Gasteiger partial charge >= 0.3 is 0 Å². The minimum Gasteiger partial charge on any atom is -0.508 e. The van der Waals surface area contributed by atoms with Gasteiger partial charge in [-0.1, -0.05) is 19.9 Å². The fourth-order valence-corrected chi connectivity index (χ4v) is 4.14. The van der Waals surface area contributed by atoms with Gasteiger partial charge in [0.05, 0.1) is 0 Å². The maximum atomic E-state index is 10.2. The molecule has 0 saturated heterocycles. The highest BCUT2D eigenvalue weighted by Crippen LogP contribution is 2.46. The van der Waals surface area contributed by atoms with E-state index in [2.05, 4.69) is 26.1 Å². The number of rotatable bonds is 2. The molecule has 0 aromatic heterocycles. The molecule has 4 unspecified atom stereocenters. The number of nitrogens with one attached hydrogen (secondary N) is 1. The summed E-state index contributed by atoms with van der Waals surface area (Å²) in [5.74, 6) is 1.88. The molecular weight excluding hydrogens is 234 g/mol. The van der Waals surface area contributed by atoms with Gasteiger partial charge in [-0.05, 0) is 61.6 Å². The van der Waals surface area contributed by atoms with E-state index >= 15 is 0 Å². The smallest absolute Gasteiger partial charge is 0.120 e.